The second-order valence-electron chi connectivity index (χ2n) is 6.51. The SMILES string of the molecule is Cc1ccccc1Nc1cc(C(=O)Nc2ccc(OC(C)C)cc2)ccn1. The van der Waals surface area contributed by atoms with Crippen molar-refractivity contribution in [2.75, 3.05) is 10.6 Å². The molecule has 27 heavy (non-hydrogen) atoms. The highest BCUT2D eigenvalue weighted by Crippen LogP contribution is 2.20. The van der Waals surface area contributed by atoms with Crippen LogP contribution in [0.25, 0.3) is 0 Å². The number of nitrogens with zero attached hydrogens (tertiary/aromatic N) is 1. The predicted octanol–water partition coefficient (Wildman–Crippen LogP) is 5.17. The van der Waals surface area contributed by atoms with Crippen molar-refractivity contribution >= 4 is 23.1 Å². The topological polar surface area (TPSA) is 63.2 Å². The Balaban J connectivity index is 1.69. The molecular weight excluding hydrogens is 338 g/mol. The summed E-state index contributed by atoms with van der Waals surface area (Å²) in [4.78, 5) is 16.8. The van der Waals surface area contributed by atoms with Gasteiger partial charge in [-0.25, -0.2) is 4.98 Å². The monoisotopic (exact) mass is 361 g/mol. The van der Waals surface area contributed by atoms with Gasteiger partial charge in [-0.2, -0.15) is 0 Å². The Morgan fingerprint density at radius 2 is 1.78 bits per heavy atom. The smallest absolute Gasteiger partial charge is 0.255 e. The van der Waals surface area contributed by atoms with Crippen molar-refractivity contribution in [1.82, 2.24) is 4.98 Å². The van der Waals surface area contributed by atoms with Gasteiger partial charge in [0, 0.05) is 23.1 Å². The molecule has 0 unspecified atom stereocenters. The molecule has 0 fully saturated rings. The quantitative estimate of drug-likeness (QED) is 0.635. The van der Waals surface area contributed by atoms with Gasteiger partial charge >= 0.3 is 0 Å². The van der Waals surface area contributed by atoms with Crippen LogP contribution in [0.2, 0.25) is 0 Å². The molecule has 0 aliphatic rings. The molecule has 5 heteroatoms. The summed E-state index contributed by atoms with van der Waals surface area (Å²) in [6.45, 7) is 5.97. The van der Waals surface area contributed by atoms with Crippen molar-refractivity contribution in [3.8, 4) is 5.75 Å². The Morgan fingerprint density at radius 1 is 1.04 bits per heavy atom. The molecule has 0 aliphatic carbocycles. The Bertz CT molecular complexity index is 921. The fourth-order valence-electron chi connectivity index (χ4n) is 2.58. The number of nitrogens with one attached hydrogen (secondary N) is 2. The van der Waals surface area contributed by atoms with Crippen LogP contribution >= 0.6 is 0 Å². The van der Waals surface area contributed by atoms with Gasteiger partial charge in [-0.05, 0) is 68.8 Å². The van der Waals surface area contributed by atoms with Crippen LogP contribution in [-0.2, 0) is 0 Å². The minimum atomic E-state index is -0.192. The van der Waals surface area contributed by atoms with Gasteiger partial charge in [0.15, 0.2) is 0 Å². The van der Waals surface area contributed by atoms with Crippen molar-refractivity contribution in [2.45, 2.75) is 26.9 Å². The van der Waals surface area contributed by atoms with E-state index in [0.717, 1.165) is 17.0 Å². The average molecular weight is 361 g/mol. The molecule has 3 rings (SSSR count). The van der Waals surface area contributed by atoms with Crippen molar-refractivity contribution in [2.24, 2.45) is 0 Å². The summed E-state index contributed by atoms with van der Waals surface area (Å²) in [5.41, 5.74) is 3.31. The molecule has 0 atom stereocenters. The van der Waals surface area contributed by atoms with Crippen molar-refractivity contribution < 1.29 is 9.53 Å². The predicted molar refractivity (Wildman–Crippen MR) is 109 cm³/mol. The molecule has 5 nitrogen and oxygen atoms in total. The van der Waals surface area contributed by atoms with Crippen LogP contribution in [0.15, 0.2) is 66.9 Å². The lowest BCUT2D eigenvalue weighted by atomic mass is 10.2. The number of benzene rings is 2. The van der Waals surface area contributed by atoms with E-state index in [1.54, 1.807) is 18.3 Å². The second-order valence-corrected chi connectivity index (χ2v) is 6.51. The van der Waals surface area contributed by atoms with Gasteiger partial charge < -0.3 is 15.4 Å². The summed E-state index contributed by atoms with van der Waals surface area (Å²) < 4.78 is 5.61. The van der Waals surface area contributed by atoms with Gasteiger partial charge in [-0.3, -0.25) is 4.79 Å². The largest absolute Gasteiger partial charge is 0.491 e. The van der Waals surface area contributed by atoms with Crippen molar-refractivity contribution in [3.05, 3.63) is 78.0 Å². The maximum atomic E-state index is 12.6. The third-order valence-electron chi connectivity index (χ3n) is 3.91. The molecule has 1 heterocycles. The molecule has 0 bridgehead atoms. The number of carbonyl (C=O) groups is 1. The van der Waals surface area contributed by atoms with Crippen LogP contribution in [-0.4, -0.2) is 17.0 Å². The van der Waals surface area contributed by atoms with Crippen LogP contribution in [0.1, 0.15) is 29.8 Å². The Kier molecular flexibility index (Phi) is 5.71. The molecule has 1 aromatic heterocycles. The van der Waals surface area contributed by atoms with E-state index >= 15 is 0 Å². The van der Waals surface area contributed by atoms with E-state index in [1.807, 2.05) is 69.3 Å². The maximum absolute atomic E-state index is 12.6. The van der Waals surface area contributed by atoms with Gasteiger partial charge in [-0.1, -0.05) is 18.2 Å². The number of ether oxygens (including phenoxy) is 1. The van der Waals surface area contributed by atoms with Crippen LogP contribution in [0.4, 0.5) is 17.2 Å². The van der Waals surface area contributed by atoms with E-state index in [1.165, 1.54) is 0 Å². The summed E-state index contributed by atoms with van der Waals surface area (Å²) in [5, 5.41) is 6.14. The molecule has 2 aromatic carbocycles. The highest BCUT2D eigenvalue weighted by molar-refractivity contribution is 6.04. The number of pyridine rings is 1. The third-order valence-corrected chi connectivity index (χ3v) is 3.91. The maximum Gasteiger partial charge on any atom is 0.255 e. The lowest BCUT2D eigenvalue weighted by Crippen LogP contribution is -2.12. The number of aromatic nitrogens is 1. The van der Waals surface area contributed by atoms with Crippen molar-refractivity contribution in [1.29, 1.82) is 0 Å². The number of hydrogen-bond donors (Lipinski definition) is 2. The number of amides is 1. The zero-order chi connectivity index (χ0) is 19.2. The summed E-state index contributed by atoms with van der Waals surface area (Å²) in [6, 6.07) is 18.7. The first kappa shape index (κ1) is 18.5. The summed E-state index contributed by atoms with van der Waals surface area (Å²) in [6.07, 6.45) is 1.73. The molecule has 3 aromatic rings. The highest BCUT2D eigenvalue weighted by Gasteiger charge is 2.09. The lowest BCUT2D eigenvalue weighted by Gasteiger charge is -2.11. The van der Waals surface area contributed by atoms with E-state index in [2.05, 4.69) is 15.6 Å². The molecule has 0 radical (unpaired) electrons. The molecule has 0 spiro atoms. The second kappa shape index (κ2) is 8.36. The van der Waals surface area contributed by atoms with E-state index in [9.17, 15) is 4.79 Å². The molecule has 2 N–H and O–H groups in total. The lowest BCUT2D eigenvalue weighted by molar-refractivity contribution is 0.102. The summed E-state index contributed by atoms with van der Waals surface area (Å²) >= 11 is 0. The van der Waals surface area contributed by atoms with Crippen LogP contribution in [0.3, 0.4) is 0 Å². The van der Waals surface area contributed by atoms with Gasteiger partial charge in [0.05, 0.1) is 6.10 Å². The number of carbonyl (C=O) groups excluding carboxylic acids is 1. The normalized spacial score (nSPS) is 10.5. The van der Waals surface area contributed by atoms with Gasteiger partial charge in [0.25, 0.3) is 5.91 Å². The zero-order valence-corrected chi connectivity index (χ0v) is 15.7. The fraction of sp³-hybridized carbons (Fsp3) is 0.182. The highest BCUT2D eigenvalue weighted by atomic mass is 16.5. The average Bonchev–Trinajstić information content (AvgIpc) is 2.65. The van der Waals surface area contributed by atoms with E-state index in [-0.39, 0.29) is 12.0 Å². The summed E-state index contributed by atoms with van der Waals surface area (Å²) in [7, 11) is 0. The zero-order valence-electron chi connectivity index (χ0n) is 15.7. The Hall–Kier alpha value is -3.34. The molecule has 0 aliphatic heterocycles. The van der Waals surface area contributed by atoms with Gasteiger partial charge in [0.1, 0.15) is 11.6 Å². The molecule has 1 amide bonds. The van der Waals surface area contributed by atoms with E-state index in [4.69, 9.17) is 4.74 Å². The first-order chi connectivity index (χ1) is 13.0. The Morgan fingerprint density at radius 3 is 2.48 bits per heavy atom. The van der Waals surface area contributed by atoms with Crippen LogP contribution in [0.5, 0.6) is 5.75 Å². The minimum absolute atomic E-state index is 0.112. The third kappa shape index (κ3) is 5.07. The van der Waals surface area contributed by atoms with Gasteiger partial charge in [-0.15, -0.1) is 0 Å². The minimum Gasteiger partial charge on any atom is -0.491 e. The molecule has 0 saturated heterocycles. The molecular formula is C22H23N3O2. The van der Waals surface area contributed by atoms with E-state index in [0.29, 0.717) is 17.1 Å². The molecule has 0 saturated carbocycles. The summed E-state index contributed by atoms with van der Waals surface area (Å²) in [5.74, 6) is 1.21. The Labute approximate surface area is 159 Å². The first-order valence-electron chi connectivity index (χ1n) is 8.88. The number of para-hydroxylation sites is 1. The number of rotatable bonds is 6. The standard InChI is InChI=1S/C22H23N3O2/c1-15(2)27-19-10-8-18(9-11-19)24-22(26)17-12-13-23-21(14-17)25-20-7-5-4-6-16(20)3/h4-15H,1-3H3,(H,23,25)(H,24,26). The number of anilines is 3. The van der Waals surface area contributed by atoms with E-state index < -0.39 is 0 Å². The van der Waals surface area contributed by atoms with Gasteiger partial charge in [0.2, 0.25) is 0 Å². The molecule has 138 valence electrons. The fourth-order valence-corrected chi connectivity index (χ4v) is 2.58. The number of aryl methyl sites for hydroxylation is 1. The van der Waals surface area contributed by atoms with Crippen LogP contribution in [0, 0.1) is 6.92 Å². The number of hydrogen-bond acceptors (Lipinski definition) is 4. The van der Waals surface area contributed by atoms with Crippen molar-refractivity contribution in [3.63, 3.8) is 0 Å². The van der Waals surface area contributed by atoms with Crippen LogP contribution < -0.4 is 15.4 Å². The first-order valence-corrected chi connectivity index (χ1v) is 8.88.